The third kappa shape index (κ3) is 3.42. The maximum absolute atomic E-state index is 11.5. The third-order valence-corrected chi connectivity index (χ3v) is 2.80. The van der Waals surface area contributed by atoms with E-state index in [-0.39, 0.29) is 11.7 Å². The lowest BCUT2D eigenvalue weighted by molar-refractivity contribution is 0.340. The Kier molecular flexibility index (Phi) is 4.30. The molecule has 0 saturated heterocycles. The molecular formula is C14H17N3O2. The maximum Gasteiger partial charge on any atom is 0.347 e. The van der Waals surface area contributed by atoms with Crippen molar-refractivity contribution in [3.63, 3.8) is 0 Å². The van der Waals surface area contributed by atoms with Crippen LogP contribution >= 0.6 is 0 Å². The quantitative estimate of drug-likeness (QED) is 0.879. The summed E-state index contributed by atoms with van der Waals surface area (Å²) in [5.41, 5.74) is 6.76. The monoisotopic (exact) mass is 259 g/mol. The molecule has 0 fully saturated rings. The van der Waals surface area contributed by atoms with E-state index in [0.717, 1.165) is 11.3 Å². The Balaban J connectivity index is 2.09. The van der Waals surface area contributed by atoms with Crippen LogP contribution in [0.4, 0.5) is 0 Å². The van der Waals surface area contributed by atoms with Gasteiger partial charge in [0.2, 0.25) is 0 Å². The molecule has 0 bridgehead atoms. The number of nitrogens with zero attached hydrogens (tertiary/aromatic N) is 2. The number of benzene rings is 1. The fourth-order valence-electron chi connectivity index (χ4n) is 1.82. The van der Waals surface area contributed by atoms with Gasteiger partial charge >= 0.3 is 5.69 Å². The fraction of sp³-hybridized carbons (Fsp3) is 0.286. The first kappa shape index (κ1) is 13.3. The van der Waals surface area contributed by atoms with Gasteiger partial charge in [-0.15, -0.1) is 0 Å². The Morgan fingerprint density at radius 2 is 2.11 bits per heavy atom. The van der Waals surface area contributed by atoms with E-state index in [4.69, 9.17) is 10.5 Å². The van der Waals surface area contributed by atoms with Gasteiger partial charge < -0.3 is 10.5 Å². The van der Waals surface area contributed by atoms with Crippen LogP contribution < -0.4 is 16.2 Å². The van der Waals surface area contributed by atoms with E-state index in [1.807, 2.05) is 31.2 Å². The molecule has 0 aliphatic rings. The summed E-state index contributed by atoms with van der Waals surface area (Å²) in [6.07, 6.45) is 3.16. The molecule has 0 aliphatic heterocycles. The van der Waals surface area contributed by atoms with Gasteiger partial charge in [-0.2, -0.15) is 0 Å². The molecule has 0 amide bonds. The molecule has 2 N–H and O–H groups in total. The molecule has 1 aromatic heterocycles. The van der Waals surface area contributed by atoms with E-state index in [1.54, 1.807) is 12.3 Å². The van der Waals surface area contributed by atoms with Crippen molar-refractivity contribution in [3.05, 3.63) is 58.8 Å². The van der Waals surface area contributed by atoms with E-state index in [1.165, 1.54) is 10.8 Å². The van der Waals surface area contributed by atoms with Crippen molar-refractivity contribution in [2.75, 3.05) is 6.61 Å². The van der Waals surface area contributed by atoms with Crippen LogP contribution in [0.2, 0.25) is 0 Å². The summed E-state index contributed by atoms with van der Waals surface area (Å²) in [7, 11) is 0. The van der Waals surface area contributed by atoms with Crippen molar-refractivity contribution < 1.29 is 4.74 Å². The van der Waals surface area contributed by atoms with Crippen LogP contribution in [0.5, 0.6) is 5.75 Å². The highest BCUT2D eigenvalue weighted by Gasteiger charge is 2.08. The van der Waals surface area contributed by atoms with E-state index in [9.17, 15) is 4.79 Å². The molecule has 0 saturated carbocycles. The molecule has 1 atom stereocenters. The van der Waals surface area contributed by atoms with Crippen molar-refractivity contribution in [2.45, 2.75) is 19.5 Å². The second kappa shape index (κ2) is 6.15. The highest BCUT2D eigenvalue weighted by molar-refractivity contribution is 5.29. The highest BCUT2D eigenvalue weighted by Crippen LogP contribution is 2.17. The topological polar surface area (TPSA) is 70.1 Å². The zero-order chi connectivity index (χ0) is 13.7. The Morgan fingerprint density at radius 3 is 2.74 bits per heavy atom. The lowest BCUT2D eigenvalue weighted by atomic mass is 10.1. The molecule has 100 valence electrons. The molecule has 0 spiro atoms. The fourth-order valence-corrected chi connectivity index (χ4v) is 1.82. The van der Waals surface area contributed by atoms with Crippen molar-refractivity contribution in [3.8, 4) is 5.75 Å². The Hall–Kier alpha value is -2.14. The summed E-state index contributed by atoms with van der Waals surface area (Å²) in [6, 6.07) is 9.05. The van der Waals surface area contributed by atoms with Crippen LogP contribution in [0.3, 0.4) is 0 Å². The first-order valence-corrected chi connectivity index (χ1v) is 6.20. The predicted octanol–water partition coefficient (Wildman–Crippen LogP) is 1.34. The van der Waals surface area contributed by atoms with Crippen LogP contribution in [0, 0.1) is 0 Å². The second-order valence-corrected chi connectivity index (χ2v) is 4.16. The van der Waals surface area contributed by atoms with Crippen molar-refractivity contribution in [2.24, 2.45) is 5.73 Å². The molecule has 5 nitrogen and oxygen atoms in total. The average molecular weight is 259 g/mol. The van der Waals surface area contributed by atoms with E-state index < -0.39 is 0 Å². The van der Waals surface area contributed by atoms with Crippen LogP contribution in [0.25, 0.3) is 0 Å². The van der Waals surface area contributed by atoms with Crippen molar-refractivity contribution >= 4 is 0 Å². The molecule has 1 unspecified atom stereocenters. The summed E-state index contributed by atoms with van der Waals surface area (Å²) in [5, 5.41) is 0. The van der Waals surface area contributed by atoms with E-state index in [0.29, 0.717) is 13.2 Å². The summed E-state index contributed by atoms with van der Waals surface area (Å²) in [4.78, 5) is 15.2. The zero-order valence-corrected chi connectivity index (χ0v) is 10.8. The molecule has 19 heavy (non-hydrogen) atoms. The van der Waals surface area contributed by atoms with Gasteiger partial charge in [-0.25, -0.2) is 9.78 Å². The molecule has 0 aliphatic carbocycles. The second-order valence-electron chi connectivity index (χ2n) is 4.16. The normalized spacial score (nSPS) is 12.1. The Labute approximate surface area is 111 Å². The number of hydrogen-bond donors (Lipinski definition) is 1. The number of aromatic nitrogens is 2. The summed E-state index contributed by atoms with van der Waals surface area (Å²) in [6.45, 7) is 2.98. The molecule has 1 aromatic carbocycles. The van der Waals surface area contributed by atoms with Gasteiger partial charge in [-0.1, -0.05) is 12.1 Å². The molecule has 2 aromatic rings. The van der Waals surface area contributed by atoms with Gasteiger partial charge in [0.15, 0.2) is 0 Å². The van der Waals surface area contributed by atoms with Crippen LogP contribution in [-0.4, -0.2) is 16.2 Å². The van der Waals surface area contributed by atoms with Crippen LogP contribution in [0.15, 0.2) is 47.5 Å². The average Bonchev–Trinajstić information content (AvgIpc) is 2.42. The van der Waals surface area contributed by atoms with Crippen molar-refractivity contribution in [1.82, 2.24) is 9.55 Å². The molecule has 1 heterocycles. The molecular weight excluding hydrogens is 242 g/mol. The van der Waals surface area contributed by atoms with Gasteiger partial charge in [0.1, 0.15) is 5.75 Å². The minimum Gasteiger partial charge on any atom is -0.494 e. The lowest BCUT2D eigenvalue weighted by Crippen LogP contribution is -2.27. The maximum atomic E-state index is 11.5. The van der Waals surface area contributed by atoms with E-state index >= 15 is 0 Å². The SMILES string of the molecule is CCOc1ccc(C(N)Cn2cccnc2=O)cc1. The number of nitrogens with two attached hydrogens (primary N) is 1. The minimum absolute atomic E-state index is 0.252. The smallest absolute Gasteiger partial charge is 0.347 e. The first-order valence-electron chi connectivity index (χ1n) is 6.20. The molecule has 5 heteroatoms. The van der Waals surface area contributed by atoms with Gasteiger partial charge in [0.25, 0.3) is 0 Å². The largest absolute Gasteiger partial charge is 0.494 e. The first-order chi connectivity index (χ1) is 9.20. The van der Waals surface area contributed by atoms with Gasteiger partial charge in [0, 0.05) is 25.0 Å². The highest BCUT2D eigenvalue weighted by atomic mass is 16.5. The van der Waals surface area contributed by atoms with Gasteiger partial charge in [0.05, 0.1) is 6.61 Å². The number of ether oxygens (including phenoxy) is 1. The van der Waals surface area contributed by atoms with Gasteiger partial charge in [-0.3, -0.25) is 4.57 Å². The molecule has 0 radical (unpaired) electrons. The van der Waals surface area contributed by atoms with Gasteiger partial charge in [-0.05, 0) is 30.7 Å². The summed E-state index contributed by atoms with van der Waals surface area (Å²) < 4.78 is 6.87. The standard InChI is InChI=1S/C14H17N3O2/c1-2-19-12-6-4-11(5-7-12)13(15)10-17-9-3-8-16-14(17)18/h3-9,13H,2,10,15H2,1H3. The number of rotatable bonds is 5. The van der Waals surface area contributed by atoms with E-state index in [2.05, 4.69) is 4.98 Å². The summed E-state index contributed by atoms with van der Waals surface area (Å²) >= 11 is 0. The summed E-state index contributed by atoms with van der Waals surface area (Å²) in [5.74, 6) is 0.817. The zero-order valence-electron chi connectivity index (χ0n) is 10.8. The Bertz CT molecular complexity index is 578. The lowest BCUT2D eigenvalue weighted by Gasteiger charge is -2.14. The van der Waals surface area contributed by atoms with Crippen LogP contribution in [-0.2, 0) is 6.54 Å². The van der Waals surface area contributed by atoms with Crippen molar-refractivity contribution in [1.29, 1.82) is 0 Å². The number of hydrogen-bond acceptors (Lipinski definition) is 4. The molecule has 2 rings (SSSR count). The van der Waals surface area contributed by atoms with Crippen LogP contribution in [0.1, 0.15) is 18.5 Å². The predicted molar refractivity (Wildman–Crippen MR) is 73.0 cm³/mol. The Morgan fingerprint density at radius 1 is 1.37 bits per heavy atom. The third-order valence-electron chi connectivity index (χ3n) is 2.80. The minimum atomic E-state index is -0.288.